The number of nitrogens with zero attached hydrogens (tertiary/aromatic N) is 1. The molecule has 4 rings (SSSR count). The van der Waals surface area contributed by atoms with Crippen LogP contribution < -0.4 is 5.32 Å². The predicted octanol–water partition coefficient (Wildman–Crippen LogP) is 5.22. The highest BCUT2D eigenvalue weighted by molar-refractivity contribution is 5.90. The van der Waals surface area contributed by atoms with Crippen LogP contribution in [0.25, 0.3) is 0 Å². The zero-order chi connectivity index (χ0) is 30.9. The van der Waals surface area contributed by atoms with Gasteiger partial charge in [-0.1, -0.05) is 73.7 Å². The normalized spacial score (nSPS) is 21.7. The molecule has 1 amide bonds. The summed E-state index contributed by atoms with van der Waals surface area (Å²) in [4.78, 5) is 25.0. The van der Waals surface area contributed by atoms with Crippen molar-refractivity contribution in [3.05, 3.63) is 101 Å². The van der Waals surface area contributed by atoms with Crippen LogP contribution in [0.2, 0.25) is 0 Å². The molecule has 4 N–H and O–H groups in total. The topological polar surface area (TPSA) is 129 Å². The summed E-state index contributed by atoms with van der Waals surface area (Å²) >= 11 is 0. The van der Waals surface area contributed by atoms with E-state index in [2.05, 4.69) is 17.1 Å². The maximum atomic E-state index is 12.2. The molecule has 0 unspecified atom stereocenters. The maximum Gasteiger partial charge on any atom is 0.303 e. The van der Waals surface area contributed by atoms with Crippen molar-refractivity contribution in [1.82, 2.24) is 4.90 Å². The van der Waals surface area contributed by atoms with Crippen LogP contribution in [0.3, 0.4) is 0 Å². The third-order valence-electron chi connectivity index (χ3n) is 8.15. The molecule has 0 saturated carbocycles. The Morgan fingerprint density at radius 1 is 0.930 bits per heavy atom. The minimum atomic E-state index is -0.923. The number of nitrogens with one attached hydrogen (secondary N) is 1. The van der Waals surface area contributed by atoms with Crippen LogP contribution in [0.4, 0.5) is 5.69 Å². The van der Waals surface area contributed by atoms with Crippen molar-refractivity contribution in [3.8, 4) is 0 Å². The minimum absolute atomic E-state index is 0.0240. The molecule has 0 radical (unpaired) electrons. The van der Waals surface area contributed by atoms with E-state index in [0.717, 1.165) is 22.3 Å². The molecule has 3 aromatic rings. The second-order valence-corrected chi connectivity index (χ2v) is 11.3. The molecule has 1 aliphatic heterocycles. The third kappa shape index (κ3) is 8.72. The number of aliphatic hydroxyl groups is 2. The molecule has 9 nitrogen and oxygen atoms in total. The van der Waals surface area contributed by atoms with Gasteiger partial charge in [0.2, 0.25) is 5.91 Å². The Kier molecular flexibility index (Phi) is 11.4. The van der Waals surface area contributed by atoms with E-state index in [0.29, 0.717) is 12.2 Å². The summed E-state index contributed by atoms with van der Waals surface area (Å²) in [7, 11) is 1.98. The number of amides is 1. The number of carboxylic acids is 1. The molecule has 6 atom stereocenters. The highest BCUT2D eigenvalue weighted by atomic mass is 16.7. The van der Waals surface area contributed by atoms with Gasteiger partial charge in [0.1, 0.15) is 0 Å². The number of carbonyl (C=O) groups is 2. The molecule has 1 heterocycles. The monoisotopic (exact) mass is 590 g/mol. The summed E-state index contributed by atoms with van der Waals surface area (Å²) in [5.41, 5.74) is 4.05. The van der Waals surface area contributed by atoms with Crippen LogP contribution in [0.1, 0.15) is 73.9 Å². The number of aliphatic hydroxyl groups excluding tert-OH is 2. The standard InChI is InChI=1S/C34H42N2O7/c1-22-29(20-36(3)23(2)32(41)25-8-5-4-6-9-25)42-34(43-33(22)26-14-12-24(21-37)13-15-26)27-16-18-28(19-17-27)35-30(38)10-7-11-31(39)40/h4-6,8-9,12-19,22-23,29,32-34,37,41H,7,10-11,20-21H2,1-3H3,(H,35,38)(H,39,40)/t22-,23-,29+,32-,33+,34+/m0/s1. The lowest BCUT2D eigenvalue weighted by Crippen LogP contribution is -2.46. The minimum Gasteiger partial charge on any atom is -0.481 e. The molecule has 0 spiro atoms. The number of carbonyl (C=O) groups excluding carboxylic acids is 1. The second-order valence-electron chi connectivity index (χ2n) is 11.3. The van der Waals surface area contributed by atoms with Gasteiger partial charge in [-0.25, -0.2) is 0 Å². The lowest BCUT2D eigenvalue weighted by atomic mass is 9.89. The van der Waals surface area contributed by atoms with Crippen molar-refractivity contribution in [3.63, 3.8) is 0 Å². The summed E-state index contributed by atoms with van der Waals surface area (Å²) in [5.74, 6) is -1.19. The number of ether oxygens (including phenoxy) is 2. The fourth-order valence-electron chi connectivity index (χ4n) is 5.30. The van der Waals surface area contributed by atoms with Crippen molar-refractivity contribution in [2.75, 3.05) is 18.9 Å². The molecule has 0 aliphatic carbocycles. The van der Waals surface area contributed by atoms with Crippen molar-refractivity contribution in [2.24, 2.45) is 5.92 Å². The predicted molar refractivity (Wildman–Crippen MR) is 163 cm³/mol. The van der Waals surface area contributed by atoms with Gasteiger partial charge in [-0.3, -0.25) is 14.5 Å². The highest BCUT2D eigenvalue weighted by Crippen LogP contribution is 2.42. The molecule has 1 aliphatic rings. The summed E-state index contributed by atoms with van der Waals surface area (Å²) < 4.78 is 13.1. The fourth-order valence-corrected chi connectivity index (χ4v) is 5.30. The highest BCUT2D eigenvalue weighted by Gasteiger charge is 2.39. The van der Waals surface area contributed by atoms with E-state index in [1.807, 2.05) is 80.7 Å². The van der Waals surface area contributed by atoms with Crippen LogP contribution in [-0.4, -0.2) is 57.8 Å². The van der Waals surface area contributed by atoms with Gasteiger partial charge in [0.15, 0.2) is 6.29 Å². The third-order valence-corrected chi connectivity index (χ3v) is 8.15. The first-order chi connectivity index (χ1) is 20.7. The lowest BCUT2D eigenvalue weighted by molar-refractivity contribution is -0.276. The van der Waals surface area contributed by atoms with Crippen LogP contribution >= 0.6 is 0 Å². The molecular weight excluding hydrogens is 548 g/mol. The molecule has 230 valence electrons. The zero-order valence-corrected chi connectivity index (χ0v) is 24.9. The van der Waals surface area contributed by atoms with Crippen LogP contribution in [0.5, 0.6) is 0 Å². The molecule has 1 saturated heterocycles. The van der Waals surface area contributed by atoms with Gasteiger partial charge in [-0.05, 0) is 49.2 Å². The van der Waals surface area contributed by atoms with Crippen LogP contribution in [0.15, 0.2) is 78.9 Å². The van der Waals surface area contributed by atoms with Gasteiger partial charge in [-0.2, -0.15) is 0 Å². The van der Waals surface area contributed by atoms with Crippen molar-refractivity contribution < 1.29 is 34.4 Å². The summed E-state index contributed by atoms with van der Waals surface area (Å²) in [6.45, 7) is 4.62. The van der Waals surface area contributed by atoms with E-state index in [1.54, 1.807) is 12.1 Å². The first kappa shape index (κ1) is 32.3. The Bertz CT molecular complexity index is 1320. The smallest absolute Gasteiger partial charge is 0.303 e. The number of rotatable bonds is 13. The van der Waals surface area contributed by atoms with E-state index in [-0.39, 0.29) is 55.9 Å². The average Bonchev–Trinajstić information content (AvgIpc) is 3.02. The first-order valence-corrected chi connectivity index (χ1v) is 14.7. The number of carboxylic acid groups (broad SMARTS) is 1. The summed E-state index contributed by atoms with van der Waals surface area (Å²) in [6.07, 6.45) is -1.50. The van der Waals surface area contributed by atoms with Crippen molar-refractivity contribution >= 4 is 17.6 Å². The fraction of sp³-hybridized carbons (Fsp3) is 0.412. The van der Waals surface area contributed by atoms with E-state index in [4.69, 9.17) is 14.6 Å². The number of hydrogen-bond donors (Lipinski definition) is 4. The van der Waals surface area contributed by atoms with Crippen LogP contribution in [0, 0.1) is 5.92 Å². The van der Waals surface area contributed by atoms with Gasteiger partial charge in [-0.15, -0.1) is 0 Å². The van der Waals surface area contributed by atoms with Gasteiger partial charge < -0.3 is 30.1 Å². The Morgan fingerprint density at radius 3 is 2.21 bits per heavy atom. The van der Waals surface area contributed by atoms with E-state index >= 15 is 0 Å². The second kappa shape index (κ2) is 15.2. The largest absolute Gasteiger partial charge is 0.481 e. The number of hydrogen-bond acceptors (Lipinski definition) is 7. The number of benzene rings is 3. The lowest BCUT2D eigenvalue weighted by Gasteiger charge is -2.43. The Morgan fingerprint density at radius 2 is 1.58 bits per heavy atom. The first-order valence-electron chi connectivity index (χ1n) is 14.7. The molecule has 0 aromatic heterocycles. The molecule has 1 fully saturated rings. The van der Waals surface area contributed by atoms with Gasteiger partial charge in [0, 0.05) is 42.6 Å². The molecule has 9 heteroatoms. The van der Waals surface area contributed by atoms with E-state index < -0.39 is 18.4 Å². The Balaban J connectivity index is 1.50. The van der Waals surface area contributed by atoms with Gasteiger partial charge in [0.25, 0.3) is 0 Å². The number of anilines is 1. The Hall–Kier alpha value is -3.60. The van der Waals surface area contributed by atoms with Gasteiger partial charge >= 0.3 is 5.97 Å². The zero-order valence-electron chi connectivity index (χ0n) is 24.9. The maximum absolute atomic E-state index is 12.2. The number of aliphatic carboxylic acids is 1. The SMILES string of the molecule is C[C@H]1[C@@H](CN(C)[C@@H](C)[C@H](O)c2ccccc2)O[C@@H](c2ccc(NC(=O)CCCC(=O)O)cc2)O[C@H]1c1ccc(CO)cc1. The summed E-state index contributed by atoms with van der Waals surface area (Å²) in [5, 5.41) is 32.2. The molecule has 43 heavy (non-hydrogen) atoms. The molecular formula is C34H42N2O7. The summed E-state index contributed by atoms with van der Waals surface area (Å²) in [6, 6.07) is 24.4. The van der Waals surface area contributed by atoms with E-state index in [9.17, 15) is 19.8 Å². The van der Waals surface area contributed by atoms with E-state index in [1.165, 1.54) is 0 Å². The Labute approximate surface area is 253 Å². The molecule has 0 bridgehead atoms. The number of likely N-dealkylation sites (N-methyl/N-ethyl adjacent to an activating group) is 1. The van der Waals surface area contributed by atoms with Crippen molar-refractivity contribution in [2.45, 2.75) is 70.4 Å². The quantitative estimate of drug-likeness (QED) is 0.213. The molecule has 3 aromatic carbocycles. The van der Waals surface area contributed by atoms with Crippen LogP contribution in [-0.2, 0) is 25.7 Å². The van der Waals surface area contributed by atoms with Gasteiger partial charge in [0.05, 0.1) is 24.9 Å². The average molecular weight is 591 g/mol. The van der Waals surface area contributed by atoms with Crippen molar-refractivity contribution in [1.29, 1.82) is 0 Å².